The molecule has 0 aromatic rings. The van der Waals surface area contributed by atoms with Crippen LogP contribution in [0.2, 0.25) is 0 Å². The van der Waals surface area contributed by atoms with Gasteiger partial charge < -0.3 is 0 Å². The highest BCUT2D eigenvalue weighted by Gasteiger charge is 2.31. The maximum atomic E-state index is 5.10. The van der Waals surface area contributed by atoms with E-state index in [1.54, 1.807) is 0 Å². The van der Waals surface area contributed by atoms with Crippen LogP contribution in [0, 0.1) is 0 Å². The molecule has 1 heterocycles. The summed E-state index contributed by atoms with van der Waals surface area (Å²) in [6.45, 7) is 0. The third-order valence-corrected chi connectivity index (χ3v) is 1.79. The molecule has 2 fully saturated rings. The summed E-state index contributed by atoms with van der Waals surface area (Å²) < 4.78 is 0. The second-order valence-corrected chi connectivity index (χ2v) is 2.37. The topological polar surface area (TPSA) is 21.3 Å². The molecule has 1 aliphatic carbocycles. The van der Waals surface area contributed by atoms with E-state index in [0.29, 0.717) is 12.1 Å². The average molecular weight is 99.1 g/mol. The fraction of sp³-hybridized carbons (Fsp3) is 1.00. The largest absolute Gasteiger partial charge is 0.298 e. The van der Waals surface area contributed by atoms with Crippen molar-refractivity contribution < 1.29 is 4.84 Å². The number of nitrogens with one attached hydrogen (secondary N) is 1. The van der Waals surface area contributed by atoms with Gasteiger partial charge in [0.15, 0.2) is 0 Å². The van der Waals surface area contributed by atoms with Gasteiger partial charge in [0.2, 0.25) is 0 Å². The van der Waals surface area contributed by atoms with E-state index in [2.05, 4.69) is 5.48 Å². The maximum absolute atomic E-state index is 5.10. The Kier molecular flexibility index (Phi) is 0.664. The van der Waals surface area contributed by atoms with E-state index in [0.717, 1.165) is 0 Å². The van der Waals surface area contributed by atoms with Gasteiger partial charge in [-0.25, -0.2) is 0 Å². The molecule has 0 radical (unpaired) electrons. The first kappa shape index (κ1) is 3.87. The second kappa shape index (κ2) is 1.20. The van der Waals surface area contributed by atoms with Gasteiger partial charge in [-0.1, -0.05) is 0 Å². The Morgan fingerprint density at radius 3 is 2.57 bits per heavy atom. The van der Waals surface area contributed by atoms with Gasteiger partial charge in [0.1, 0.15) is 0 Å². The smallest absolute Gasteiger partial charge is 0.0806 e. The van der Waals surface area contributed by atoms with Gasteiger partial charge in [0.05, 0.1) is 6.10 Å². The average Bonchev–Trinajstić information content (AvgIpc) is 2.22. The predicted octanol–water partition coefficient (Wildman–Crippen LogP) is 0.442. The van der Waals surface area contributed by atoms with E-state index in [-0.39, 0.29) is 0 Å². The minimum atomic E-state index is 0.560. The molecular weight excluding hydrogens is 90.1 g/mol. The molecule has 0 amide bonds. The van der Waals surface area contributed by atoms with Crippen LogP contribution in [-0.4, -0.2) is 12.1 Å². The molecule has 2 aliphatic rings. The molecule has 1 saturated heterocycles. The first-order valence-corrected chi connectivity index (χ1v) is 2.86. The molecule has 2 atom stereocenters. The lowest BCUT2D eigenvalue weighted by Crippen LogP contribution is -2.22. The Morgan fingerprint density at radius 1 is 1.43 bits per heavy atom. The van der Waals surface area contributed by atoms with Crippen LogP contribution in [0.4, 0.5) is 0 Å². The number of hydrogen-bond donors (Lipinski definition) is 1. The molecule has 0 aromatic heterocycles. The van der Waals surface area contributed by atoms with Crippen LogP contribution in [0.1, 0.15) is 19.3 Å². The Bertz CT molecular complexity index is 66.1. The van der Waals surface area contributed by atoms with Crippen molar-refractivity contribution in [2.24, 2.45) is 0 Å². The van der Waals surface area contributed by atoms with Gasteiger partial charge in [-0.2, -0.15) is 5.48 Å². The Hall–Kier alpha value is -0.0800. The van der Waals surface area contributed by atoms with Crippen LogP contribution < -0.4 is 5.48 Å². The number of hydrogen-bond acceptors (Lipinski definition) is 2. The molecule has 2 unspecified atom stereocenters. The second-order valence-electron chi connectivity index (χ2n) is 2.37. The van der Waals surface area contributed by atoms with E-state index < -0.39 is 0 Å². The van der Waals surface area contributed by atoms with Crippen molar-refractivity contribution in [3.05, 3.63) is 0 Å². The number of fused-ring (bicyclic) bond motifs is 2. The normalized spacial score (nSPS) is 48.0. The summed E-state index contributed by atoms with van der Waals surface area (Å²) in [6.07, 6.45) is 4.41. The first-order valence-electron chi connectivity index (χ1n) is 2.86. The third-order valence-electron chi connectivity index (χ3n) is 1.79. The summed E-state index contributed by atoms with van der Waals surface area (Å²) in [5.74, 6) is 0. The lowest BCUT2D eigenvalue weighted by molar-refractivity contribution is -0.000269. The van der Waals surface area contributed by atoms with Crippen LogP contribution in [0.15, 0.2) is 0 Å². The molecule has 2 heteroatoms. The van der Waals surface area contributed by atoms with E-state index in [1.807, 2.05) is 0 Å². The minimum Gasteiger partial charge on any atom is -0.298 e. The first-order chi connectivity index (χ1) is 3.45. The van der Waals surface area contributed by atoms with Crippen LogP contribution in [0.3, 0.4) is 0 Å². The van der Waals surface area contributed by atoms with Gasteiger partial charge in [-0.3, -0.25) is 4.84 Å². The standard InChI is InChI=1S/C5H9NO/c1-2-5-3-4(1)6-7-5/h4-6H,1-3H2. The van der Waals surface area contributed by atoms with Crippen molar-refractivity contribution in [2.45, 2.75) is 31.4 Å². The van der Waals surface area contributed by atoms with Crippen molar-refractivity contribution in [3.8, 4) is 0 Å². The fourth-order valence-electron chi connectivity index (χ4n) is 1.35. The van der Waals surface area contributed by atoms with Crippen LogP contribution in [0.5, 0.6) is 0 Å². The molecule has 0 aromatic carbocycles. The van der Waals surface area contributed by atoms with Crippen molar-refractivity contribution in [1.82, 2.24) is 5.48 Å². The van der Waals surface area contributed by atoms with Crippen LogP contribution in [-0.2, 0) is 4.84 Å². The van der Waals surface area contributed by atoms with E-state index in [4.69, 9.17) is 4.84 Å². The highest BCUT2D eigenvalue weighted by Crippen LogP contribution is 2.26. The highest BCUT2D eigenvalue weighted by molar-refractivity contribution is 4.83. The van der Waals surface area contributed by atoms with Gasteiger partial charge in [0.25, 0.3) is 0 Å². The Labute approximate surface area is 42.8 Å². The molecule has 2 rings (SSSR count). The lowest BCUT2D eigenvalue weighted by Gasteiger charge is -2.08. The van der Waals surface area contributed by atoms with Gasteiger partial charge in [-0.15, -0.1) is 0 Å². The Morgan fingerprint density at radius 2 is 2.43 bits per heavy atom. The lowest BCUT2D eigenvalue weighted by atomic mass is 10.3. The predicted molar refractivity (Wildman–Crippen MR) is 25.6 cm³/mol. The SMILES string of the molecule is C1CC2CC1NO2. The molecule has 1 aliphatic heterocycles. The maximum Gasteiger partial charge on any atom is 0.0806 e. The summed E-state index contributed by atoms with van der Waals surface area (Å²) in [5, 5.41) is 0. The summed E-state index contributed by atoms with van der Waals surface area (Å²) >= 11 is 0. The molecule has 1 N–H and O–H groups in total. The Balaban J connectivity index is 2.12. The van der Waals surface area contributed by atoms with E-state index in [9.17, 15) is 0 Å². The highest BCUT2D eigenvalue weighted by atomic mass is 16.7. The number of hydroxylamine groups is 1. The fourth-order valence-corrected chi connectivity index (χ4v) is 1.35. The summed E-state index contributed by atoms with van der Waals surface area (Å²) in [7, 11) is 0. The van der Waals surface area contributed by atoms with Crippen molar-refractivity contribution in [2.75, 3.05) is 0 Å². The zero-order chi connectivity index (χ0) is 4.69. The van der Waals surface area contributed by atoms with Crippen LogP contribution in [0.25, 0.3) is 0 Å². The summed E-state index contributed by atoms with van der Waals surface area (Å²) in [5.41, 5.74) is 2.96. The molecule has 2 nitrogen and oxygen atoms in total. The summed E-state index contributed by atoms with van der Waals surface area (Å²) in [4.78, 5) is 5.10. The zero-order valence-corrected chi connectivity index (χ0v) is 4.18. The molecule has 7 heavy (non-hydrogen) atoms. The minimum absolute atomic E-state index is 0.560. The van der Waals surface area contributed by atoms with Gasteiger partial charge >= 0.3 is 0 Å². The van der Waals surface area contributed by atoms with Crippen molar-refractivity contribution in [3.63, 3.8) is 0 Å². The molecule has 40 valence electrons. The summed E-state index contributed by atoms with van der Waals surface area (Å²) in [6, 6.07) is 0.699. The molecule has 2 bridgehead atoms. The molecular formula is C5H9NO. The van der Waals surface area contributed by atoms with Crippen molar-refractivity contribution in [1.29, 1.82) is 0 Å². The van der Waals surface area contributed by atoms with E-state index >= 15 is 0 Å². The molecule has 1 saturated carbocycles. The molecule has 0 spiro atoms. The third kappa shape index (κ3) is 0.469. The zero-order valence-electron chi connectivity index (χ0n) is 4.18. The van der Waals surface area contributed by atoms with Crippen LogP contribution >= 0.6 is 0 Å². The van der Waals surface area contributed by atoms with Gasteiger partial charge in [0, 0.05) is 6.04 Å². The number of rotatable bonds is 0. The quantitative estimate of drug-likeness (QED) is 0.476. The van der Waals surface area contributed by atoms with E-state index in [1.165, 1.54) is 19.3 Å². The monoisotopic (exact) mass is 99.1 g/mol. The van der Waals surface area contributed by atoms with Crippen molar-refractivity contribution >= 4 is 0 Å². The van der Waals surface area contributed by atoms with Gasteiger partial charge in [-0.05, 0) is 19.3 Å².